The van der Waals surface area contributed by atoms with Crippen molar-refractivity contribution in [3.63, 3.8) is 0 Å². The highest BCUT2D eigenvalue weighted by atomic mass is 32.2. The molecule has 0 N–H and O–H groups in total. The Morgan fingerprint density at radius 3 is 2.00 bits per heavy atom. The molecule has 3 rings (SSSR count). The summed E-state index contributed by atoms with van der Waals surface area (Å²) in [5.41, 5.74) is 1.82. The predicted octanol–water partition coefficient (Wildman–Crippen LogP) is 4.94. The Labute approximate surface area is 198 Å². The van der Waals surface area contributed by atoms with Gasteiger partial charge in [0.1, 0.15) is 11.5 Å². The molecule has 180 valence electrons. The van der Waals surface area contributed by atoms with Crippen LogP contribution in [0.1, 0.15) is 43.2 Å². The minimum atomic E-state index is -3.61. The third kappa shape index (κ3) is 7.06. The molecule has 0 amide bonds. The molecule has 1 saturated heterocycles. The van der Waals surface area contributed by atoms with Gasteiger partial charge in [-0.15, -0.1) is 6.58 Å². The van der Waals surface area contributed by atoms with Gasteiger partial charge in [-0.3, -0.25) is 0 Å². The molecule has 0 saturated carbocycles. The van der Waals surface area contributed by atoms with E-state index in [1.807, 2.05) is 48.5 Å². The van der Waals surface area contributed by atoms with Crippen LogP contribution in [0.5, 0.6) is 11.5 Å². The van der Waals surface area contributed by atoms with Crippen molar-refractivity contribution in [1.82, 2.24) is 4.31 Å². The molecule has 0 bridgehead atoms. The van der Waals surface area contributed by atoms with Crippen LogP contribution in [0.15, 0.2) is 61.2 Å². The number of sulfonamides is 1. The van der Waals surface area contributed by atoms with Crippen LogP contribution >= 0.6 is 0 Å². The Morgan fingerprint density at radius 2 is 1.58 bits per heavy atom. The molecule has 0 radical (unpaired) electrons. The van der Waals surface area contributed by atoms with Crippen molar-refractivity contribution in [3.8, 4) is 11.5 Å². The van der Waals surface area contributed by atoms with Crippen molar-refractivity contribution >= 4 is 10.0 Å². The van der Waals surface area contributed by atoms with E-state index >= 15 is 0 Å². The van der Waals surface area contributed by atoms with E-state index < -0.39 is 15.3 Å². The molecule has 2 atom stereocenters. The maximum absolute atomic E-state index is 14.0. The summed E-state index contributed by atoms with van der Waals surface area (Å²) in [5, 5.41) is -0.518. The topological polar surface area (TPSA) is 65.1 Å². The molecule has 1 heterocycles. The van der Waals surface area contributed by atoms with E-state index in [2.05, 4.69) is 6.58 Å². The minimum Gasteiger partial charge on any atom is -0.497 e. The molecule has 1 aliphatic heterocycles. The van der Waals surface area contributed by atoms with Crippen molar-refractivity contribution in [2.75, 3.05) is 20.8 Å². The molecule has 0 spiro atoms. The third-order valence-electron chi connectivity index (χ3n) is 6.06. The number of hydrogen-bond acceptors (Lipinski definition) is 5. The van der Waals surface area contributed by atoms with Crippen molar-refractivity contribution < 1.29 is 22.6 Å². The normalized spacial score (nSPS) is 17.1. The van der Waals surface area contributed by atoms with E-state index in [4.69, 9.17) is 14.2 Å². The van der Waals surface area contributed by atoms with E-state index in [1.165, 1.54) is 0 Å². The van der Waals surface area contributed by atoms with Gasteiger partial charge in [0.2, 0.25) is 10.0 Å². The largest absolute Gasteiger partial charge is 0.497 e. The second-order valence-electron chi connectivity index (χ2n) is 8.37. The number of nitrogens with zero attached hydrogens (tertiary/aromatic N) is 1. The summed E-state index contributed by atoms with van der Waals surface area (Å²) in [6, 6.07) is 15.1. The van der Waals surface area contributed by atoms with Gasteiger partial charge in [-0.05, 0) is 67.5 Å². The van der Waals surface area contributed by atoms with Gasteiger partial charge >= 0.3 is 0 Å². The Bertz CT molecular complexity index is 917. The minimum absolute atomic E-state index is 0.00147. The fourth-order valence-electron chi connectivity index (χ4n) is 4.13. The smallest absolute Gasteiger partial charge is 0.217 e. The fourth-order valence-corrected chi connectivity index (χ4v) is 6.10. The van der Waals surface area contributed by atoms with Crippen molar-refractivity contribution in [2.45, 2.75) is 56.5 Å². The summed E-state index contributed by atoms with van der Waals surface area (Å²) in [5.74, 6) is 1.48. The molecule has 0 aromatic heterocycles. The molecule has 7 heteroatoms. The standard InChI is InChI=1S/C26H35NO5S/c1-4-5-8-26(18-25-7-6-17-32-25)33(28,29)27(19-21-9-13-23(30-2)14-10-21)20-22-11-15-24(31-3)16-12-22/h4,9-16,25-26H,1,5-8,17-20H2,2-3H3/t25-,26+/m1/s1. The van der Waals surface area contributed by atoms with Crippen LogP contribution < -0.4 is 9.47 Å². The molecule has 33 heavy (non-hydrogen) atoms. The highest BCUT2D eigenvalue weighted by molar-refractivity contribution is 7.89. The molecule has 2 aromatic rings. The highest BCUT2D eigenvalue weighted by Gasteiger charge is 2.34. The zero-order valence-corrected chi connectivity index (χ0v) is 20.4. The molecular weight excluding hydrogens is 438 g/mol. The summed E-state index contributed by atoms with van der Waals surface area (Å²) in [6.07, 6.45) is 5.38. The summed E-state index contributed by atoms with van der Waals surface area (Å²) in [7, 11) is -0.376. The van der Waals surface area contributed by atoms with Gasteiger partial charge in [0, 0.05) is 19.7 Å². The third-order valence-corrected chi connectivity index (χ3v) is 8.31. The Hall–Kier alpha value is -2.35. The zero-order valence-electron chi connectivity index (χ0n) is 19.6. The second kappa shape index (κ2) is 12.2. The Morgan fingerprint density at radius 1 is 1.03 bits per heavy atom. The number of rotatable bonds is 13. The first-order valence-corrected chi connectivity index (χ1v) is 12.9. The van der Waals surface area contributed by atoms with Gasteiger partial charge in [0.05, 0.1) is 25.6 Å². The molecule has 1 fully saturated rings. The molecule has 0 unspecified atom stereocenters. The Kier molecular flexibility index (Phi) is 9.35. The lowest BCUT2D eigenvalue weighted by Crippen LogP contribution is -2.39. The van der Waals surface area contributed by atoms with Gasteiger partial charge in [-0.1, -0.05) is 30.3 Å². The van der Waals surface area contributed by atoms with Crippen LogP contribution in [-0.4, -0.2) is 44.9 Å². The van der Waals surface area contributed by atoms with Crippen LogP contribution in [0.25, 0.3) is 0 Å². The van der Waals surface area contributed by atoms with Crippen molar-refractivity contribution in [1.29, 1.82) is 0 Å². The van der Waals surface area contributed by atoms with Gasteiger partial charge in [0.15, 0.2) is 0 Å². The first-order valence-electron chi connectivity index (χ1n) is 11.4. The van der Waals surface area contributed by atoms with Crippen LogP contribution in [0.3, 0.4) is 0 Å². The average Bonchev–Trinajstić information content (AvgIpc) is 3.35. The number of methoxy groups -OCH3 is 2. The van der Waals surface area contributed by atoms with E-state index in [0.29, 0.717) is 25.9 Å². The maximum Gasteiger partial charge on any atom is 0.217 e. The second-order valence-corrected chi connectivity index (χ2v) is 10.6. The Balaban J connectivity index is 1.89. The molecular formula is C26H35NO5S. The van der Waals surface area contributed by atoms with Crippen molar-refractivity contribution in [3.05, 3.63) is 72.3 Å². The number of allylic oxidation sites excluding steroid dienone is 1. The maximum atomic E-state index is 14.0. The van der Waals surface area contributed by atoms with Crippen molar-refractivity contribution in [2.24, 2.45) is 0 Å². The molecule has 1 aliphatic rings. The lowest BCUT2D eigenvalue weighted by Gasteiger charge is -2.29. The number of benzene rings is 2. The van der Waals surface area contributed by atoms with Gasteiger partial charge < -0.3 is 14.2 Å². The van der Waals surface area contributed by atoms with Crippen LogP contribution in [0.2, 0.25) is 0 Å². The summed E-state index contributed by atoms with van der Waals surface area (Å²) >= 11 is 0. The predicted molar refractivity (Wildman–Crippen MR) is 131 cm³/mol. The van der Waals surface area contributed by atoms with Crippen LogP contribution in [0.4, 0.5) is 0 Å². The van der Waals surface area contributed by atoms with E-state index in [0.717, 1.165) is 35.5 Å². The first-order chi connectivity index (χ1) is 16.0. The van der Waals surface area contributed by atoms with E-state index in [9.17, 15) is 8.42 Å². The van der Waals surface area contributed by atoms with Crippen LogP contribution in [-0.2, 0) is 27.8 Å². The highest BCUT2D eigenvalue weighted by Crippen LogP contribution is 2.28. The SMILES string of the molecule is C=CCC[C@@H](C[C@H]1CCCO1)S(=O)(=O)N(Cc1ccc(OC)cc1)Cc1ccc(OC)cc1. The molecule has 6 nitrogen and oxygen atoms in total. The monoisotopic (exact) mass is 473 g/mol. The fraction of sp³-hybridized carbons (Fsp3) is 0.462. The van der Waals surface area contributed by atoms with Gasteiger partial charge in [-0.2, -0.15) is 4.31 Å². The number of ether oxygens (including phenoxy) is 3. The first kappa shape index (κ1) is 25.3. The van der Waals surface area contributed by atoms with Gasteiger partial charge in [-0.25, -0.2) is 8.42 Å². The lowest BCUT2D eigenvalue weighted by molar-refractivity contribution is 0.102. The van der Waals surface area contributed by atoms with E-state index in [1.54, 1.807) is 24.6 Å². The summed E-state index contributed by atoms with van der Waals surface area (Å²) in [6.45, 7) is 5.08. The van der Waals surface area contributed by atoms with Crippen LogP contribution in [0, 0.1) is 0 Å². The summed E-state index contributed by atoms with van der Waals surface area (Å²) < 4.78 is 45.8. The van der Waals surface area contributed by atoms with E-state index in [-0.39, 0.29) is 19.2 Å². The molecule has 0 aliphatic carbocycles. The van der Waals surface area contributed by atoms with Gasteiger partial charge in [0.25, 0.3) is 0 Å². The quantitative estimate of drug-likeness (QED) is 0.386. The zero-order chi connectivity index (χ0) is 23.7. The summed E-state index contributed by atoms with van der Waals surface area (Å²) in [4.78, 5) is 0. The lowest BCUT2D eigenvalue weighted by atomic mass is 10.1. The average molecular weight is 474 g/mol. The molecule has 2 aromatic carbocycles. The number of hydrogen-bond donors (Lipinski definition) is 0.